The van der Waals surface area contributed by atoms with Crippen molar-refractivity contribution >= 4 is 17.4 Å². The van der Waals surface area contributed by atoms with E-state index in [-0.39, 0.29) is 11.7 Å². The Hall–Kier alpha value is -1.61. The van der Waals surface area contributed by atoms with Crippen LogP contribution >= 0.6 is 11.6 Å². The van der Waals surface area contributed by atoms with Crippen molar-refractivity contribution in [2.75, 3.05) is 0 Å². The molecule has 0 bridgehead atoms. The van der Waals surface area contributed by atoms with Crippen LogP contribution in [0.4, 0.5) is 0 Å². The van der Waals surface area contributed by atoms with Gasteiger partial charge in [-0.1, -0.05) is 35.9 Å². The van der Waals surface area contributed by atoms with Crippen molar-refractivity contribution in [3.63, 3.8) is 0 Å². The van der Waals surface area contributed by atoms with Crippen LogP contribution in [0.1, 0.15) is 28.5 Å². The molecule has 0 radical (unpaired) electrons. The molecule has 19 heavy (non-hydrogen) atoms. The first-order valence-electron chi connectivity index (χ1n) is 6.53. The Morgan fingerprint density at radius 3 is 2.58 bits per heavy atom. The van der Waals surface area contributed by atoms with Crippen LogP contribution in [0.15, 0.2) is 30.5 Å². The van der Waals surface area contributed by atoms with E-state index < -0.39 is 0 Å². The van der Waals surface area contributed by atoms with E-state index in [1.54, 1.807) is 10.9 Å². The van der Waals surface area contributed by atoms with Gasteiger partial charge in [0.15, 0.2) is 5.78 Å². The Labute approximate surface area is 117 Å². The largest absolute Gasteiger partial charge is 0.292 e. The van der Waals surface area contributed by atoms with Gasteiger partial charge in [-0.25, -0.2) is 0 Å². The SMILES string of the molecule is CCn1ncc(Cl)c1C(=O)C1Cc2ccccc2C1. The number of hydrogen-bond acceptors (Lipinski definition) is 2. The topological polar surface area (TPSA) is 34.9 Å². The molecule has 0 N–H and O–H groups in total. The molecule has 0 spiro atoms. The zero-order valence-electron chi connectivity index (χ0n) is 10.8. The van der Waals surface area contributed by atoms with Crippen molar-refractivity contribution in [1.82, 2.24) is 9.78 Å². The molecule has 3 nitrogen and oxygen atoms in total. The molecule has 0 fully saturated rings. The molecule has 1 aliphatic carbocycles. The molecule has 1 aliphatic rings. The maximum absolute atomic E-state index is 12.6. The summed E-state index contributed by atoms with van der Waals surface area (Å²) in [6, 6.07) is 8.24. The molecule has 98 valence electrons. The number of benzene rings is 1. The summed E-state index contributed by atoms with van der Waals surface area (Å²) in [5.41, 5.74) is 3.11. The lowest BCUT2D eigenvalue weighted by molar-refractivity contribution is 0.0914. The summed E-state index contributed by atoms with van der Waals surface area (Å²) in [5, 5.41) is 4.60. The van der Waals surface area contributed by atoms with Gasteiger partial charge in [0.1, 0.15) is 5.69 Å². The number of Topliss-reactive ketones (excluding diaryl/α,β-unsaturated/α-hetero) is 1. The van der Waals surface area contributed by atoms with E-state index in [2.05, 4.69) is 17.2 Å². The maximum atomic E-state index is 12.6. The van der Waals surface area contributed by atoms with Crippen LogP contribution < -0.4 is 0 Å². The Balaban J connectivity index is 1.89. The number of rotatable bonds is 3. The monoisotopic (exact) mass is 274 g/mol. The summed E-state index contributed by atoms with van der Waals surface area (Å²) in [6.07, 6.45) is 3.17. The maximum Gasteiger partial charge on any atom is 0.186 e. The number of carbonyl (C=O) groups is 1. The van der Waals surface area contributed by atoms with Crippen molar-refractivity contribution in [3.8, 4) is 0 Å². The highest BCUT2D eigenvalue weighted by Crippen LogP contribution is 2.30. The van der Waals surface area contributed by atoms with E-state index in [9.17, 15) is 4.79 Å². The van der Waals surface area contributed by atoms with Crippen LogP contribution in [0, 0.1) is 5.92 Å². The normalized spacial score (nSPS) is 14.6. The summed E-state index contributed by atoms with van der Waals surface area (Å²) in [7, 11) is 0. The van der Waals surface area contributed by atoms with Crippen molar-refractivity contribution < 1.29 is 4.79 Å². The van der Waals surface area contributed by atoms with Crippen molar-refractivity contribution in [1.29, 1.82) is 0 Å². The minimum Gasteiger partial charge on any atom is -0.292 e. The standard InChI is InChI=1S/C15H15ClN2O/c1-2-18-14(13(16)9-17-18)15(19)12-7-10-5-3-4-6-11(10)8-12/h3-6,9,12H,2,7-8H2,1H3. The molecular weight excluding hydrogens is 260 g/mol. The van der Waals surface area contributed by atoms with Gasteiger partial charge in [0.2, 0.25) is 0 Å². The Kier molecular flexibility index (Phi) is 3.15. The molecule has 2 aromatic rings. The minimum absolute atomic E-state index is 0.00287. The van der Waals surface area contributed by atoms with E-state index in [0.29, 0.717) is 17.3 Å². The fourth-order valence-electron chi connectivity index (χ4n) is 2.78. The third kappa shape index (κ3) is 2.08. The Bertz CT molecular complexity index is 608. The molecule has 0 unspecified atom stereocenters. The van der Waals surface area contributed by atoms with Crippen LogP contribution in [0.5, 0.6) is 0 Å². The molecule has 4 heteroatoms. The van der Waals surface area contributed by atoms with Gasteiger partial charge < -0.3 is 0 Å². The lowest BCUT2D eigenvalue weighted by Crippen LogP contribution is -2.19. The lowest BCUT2D eigenvalue weighted by Gasteiger charge is -2.10. The van der Waals surface area contributed by atoms with Crippen molar-refractivity contribution in [2.45, 2.75) is 26.3 Å². The van der Waals surface area contributed by atoms with E-state index >= 15 is 0 Å². The fraction of sp³-hybridized carbons (Fsp3) is 0.333. The number of carbonyl (C=O) groups excluding carboxylic acids is 1. The van der Waals surface area contributed by atoms with Crippen LogP contribution in [0.3, 0.4) is 0 Å². The summed E-state index contributed by atoms with van der Waals surface area (Å²) < 4.78 is 1.69. The Morgan fingerprint density at radius 1 is 1.37 bits per heavy atom. The predicted octanol–water partition coefficient (Wildman–Crippen LogP) is 3.15. The summed E-state index contributed by atoms with van der Waals surface area (Å²) in [6.45, 7) is 2.62. The van der Waals surface area contributed by atoms with E-state index in [4.69, 9.17) is 11.6 Å². The average Bonchev–Trinajstić information content (AvgIpc) is 3.01. The van der Waals surface area contributed by atoms with Gasteiger partial charge in [0, 0.05) is 12.5 Å². The summed E-state index contributed by atoms with van der Waals surface area (Å²) in [4.78, 5) is 12.6. The minimum atomic E-state index is -0.00287. The second-order valence-electron chi connectivity index (χ2n) is 4.90. The molecule has 0 aliphatic heterocycles. The van der Waals surface area contributed by atoms with Crippen molar-refractivity contribution in [2.24, 2.45) is 5.92 Å². The number of nitrogens with zero attached hydrogens (tertiary/aromatic N) is 2. The van der Waals surface area contributed by atoms with Gasteiger partial charge in [0.25, 0.3) is 0 Å². The second kappa shape index (κ2) is 4.82. The van der Waals surface area contributed by atoms with Gasteiger partial charge in [-0.05, 0) is 30.9 Å². The number of aromatic nitrogens is 2. The van der Waals surface area contributed by atoms with E-state index in [0.717, 1.165) is 12.8 Å². The Morgan fingerprint density at radius 2 is 2.00 bits per heavy atom. The van der Waals surface area contributed by atoms with Crippen LogP contribution in [-0.4, -0.2) is 15.6 Å². The molecule has 1 aromatic carbocycles. The van der Waals surface area contributed by atoms with Gasteiger partial charge in [0.05, 0.1) is 11.2 Å². The molecule has 0 saturated carbocycles. The molecule has 0 saturated heterocycles. The summed E-state index contributed by atoms with van der Waals surface area (Å²) in [5.74, 6) is 0.109. The lowest BCUT2D eigenvalue weighted by atomic mass is 9.98. The first kappa shape index (κ1) is 12.4. The number of hydrogen-bond donors (Lipinski definition) is 0. The highest BCUT2D eigenvalue weighted by molar-refractivity contribution is 6.33. The molecular formula is C15H15ClN2O. The fourth-order valence-corrected chi connectivity index (χ4v) is 3.02. The smallest absolute Gasteiger partial charge is 0.186 e. The first-order chi connectivity index (χ1) is 9.20. The van der Waals surface area contributed by atoms with Crippen LogP contribution in [-0.2, 0) is 19.4 Å². The van der Waals surface area contributed by atoms with Gasteiger partial charge in [-0.2, -0.15) is 5.10 Å². The van der Waals surface area contributed by atoms with Gasteiger partial charge in [-0.15, -0.1) is 0 Å². The number of halogens is 1. The third-order valence-electron chi connectivity index (χ3n) is 3.75. The second-order valence-corrected chi connectivity index (χ2v) is 5.30. The molecule has 1 aromatic heterocycles. The van der Waals surface area contributed by atoms with E-state index in [1.807, 2.05) is 19.1 Å². The number of ketones is 1. The van der Waals surface area contributed by atoms with Crippen molar-refractivity contribution in [3.05, 3.63) is 52.3 Å². The highest BCUT2D eigenvalue weighted by atomic mass is 35.5. The van der Waals surface area contributed by atoms with Crippen LogP contribution in [0.2, 0.25) is 5.02 Å². The molecule has 0 amide bonds. The zero-order valence-corrected chi connectivity index (χ0v) is 11.5. The number of aryl methyl sites for hydroxylation is 1. The molecule has 0 atom stereocenters. The zero-order chi connectivity index (χ0) is 13.4. The van der Waals surface area contributed by atoms with Crippen LogP contribution in [0.25, 0.3) is 0 Å². The van der Waals surface area contributed by atoms with Gasteiger partial charge in [-0.3, -0.25) is 9.48 Å². The third-order valence-corrected chi connectivity index (χ3v) is 4.03. The van der Waals surface area contributed by atoms with E-state index in [1.165, 1.54) is 11.1 Å². The average molecular weight is 275 g/mol. The highest BCUT2D eigenvalue weighted by Gasteiger charge is 2.30. The molecule has 3 rings (SSSR count). The number of fused-ring (bicyclic) bond motifs is 1. The molecule has 1 heterocycles. The predicted molar refractivity (Wildman–Crippen MR) is 74.6 cm³/mol. The quantitative estimate of drug-likeness (QED) is 0.806. The first-order valence-corrected chi connectivity index (χ1v) is 6.90. The van der Waals surface area contributed by atoms with Gasteiger partial charge >= 0.3 is 0 Å². The summed E-state index contributed by atoms with van der Waals surface area (Å²) >= 11 is 6.10.